The highest BCUT2D eigenvalue weighted by Crippen LogP contribution is 2.57. The van der Waals surface area contributed by atoms with Crippen LogP contribution in [0.15, 0.2) is 18.2 Å². The predicted octanol–water partition coefficient (Wildman–Crippen LogP) is 4.14. The van der Waals surface area contributed by atoms with E-state index in [-0.39, 0.29) is 29.6 Å². The van der Waals surface area contributed by atoms with Gasteiger partial charge in [0, 0.05) is 37.2 Å². The van der Waals surface area contributed by atoms with Crippen molar-refractivity contribution in [3.63, 3.8) is 0 Å². The van der Waals surface area contributed by atoms with Gasteiger partial charge >= 0.3 is 6.16 Å². The van der Waals surface area contributed by atoms with Gasteiger partial charge in [0.2, 0.25) is 5.91 Å². The van der Waals surface area contributed by atoms with Gasteiger partial charge in [-0.15, -0.1) is 0 Å². The molecule has 7 nitrogen and oxygen atoms in total. The number of carbonyl (C=O) groups excluding carboxylic acids is 1. The lowest BCUT2D eigenvalue weighted by molar-refractivity contribution is -0.157. The zero-order valence-electron chi connectivity index (χ0n) is 19.7. The number of carbonyl (C=O) groups is 2. The Kier molecular flexibility index (Phi) is 5.96. The van der Waals surface area contributed by atoms with Crippen molar-refractivity contribution in [2.75, 3.05) is 31.1 Å². The monoisotopic (exact) mass is 493 g/mol. The van der Waals surface area contributed by atoms with Crippen molar-refractivity contribution in [1.82, 2.24) is 10.2 Å². The summed E-state index contributed by atoms with van der Waals surface area (Å²) >= 11 is 5.88. The summed E-state index contributed by atoms with van der Waals surface area (Å²) in [5.74, 6) is 0.679. The molecule has 4 bridgehead atoms. The Morgan fingerprint density at radius 1 is 1.15 bits per heavy atom. The van der Waals surface area contributed by atoms with Crippen LogP contribution < -0.4 is 10.2 Å². The van der Waals surface area contributed by atoms with Crippen LogP contribution in [0.25, 0.3) is 0 Å². The van der Waals surface area contributed by atoms with E-state index in [1.807, 2.05) is 18.7 Å². The van der Waals surface area contributed by atoms with Crippen LogP contribution in [0, 0.1) is 23.6 Å². The summed E-state index contributed by atoms with van der Waals surface area (Å²) in [6.07, 6.45) is 3.07. The molecular formula is C25H33ClFN3O4. The molecule has 1 aliphatic heterocycles. The number of anilines is 1. The number of benzene rings is 1. The molecule has 0 radical (unpaired) electrons. The van der Waals surface area contributed by atoms with Gasteiger partial charge in [0.1, 0.15) is 11.4 Å². The number of amides is 1. The Morgan fingerprint density at radius 2 is 1.79 bits per heavy atom. The zero-order chi connectivity index (χ0) is 24.3. The van der Waals surface area contributed by atoms with Crippen LogP contribution in [-0.4, -0.2) is 65.4 Å². The molecule has 2 N–H and O–H groups in total. The van der Waals surface area contributed by atoms with E-state index in [2.05, 4.69) is 10.2 Å². The SMILES string of the molecule is CC(C)(C(=O)NC1C2CC3CC1CC(OC(=O)O)(C3)C2)N1CCN(c2ccc(Cl)cc2F)CC1. The Morgan fingerprint density at radius 3 is 2.38 bits per heavy atom. The molecule has 1 heterocycles. The number of rotatable bonds is 5. The fourth-order valence-corrected chi connectivity index (χ4v) is 7.37. The molecule has 34 heavy (non-hydrogen) atoms. The largest absolute Gasteiger partial charge is 0.506 e. The molecule has 2 atom stereocenters. The number of hydrogen-bond donors (Lipinski definition) is 2. The zero-order valence-corrected chi connectivity index (χ0v) is 20.5. The van der Waals surface area contributed by atoms with Gasteiger partial charge in [-0.05, 0) is 81.9 Å². The smallest absolute Gasteiger partial charge is 0.450 e. The fourth-order valence-electron chi connectivity index (χ4n) is 7.21. The molecule has 5 fully saturated rings. The van der Waals surface area contributed by atoms with Gasteiger partial charge in [0.25, 0.3) is 0 Å². The molecule has 1 saturated heterocycles. The molecule has 0 spiro atoms. The maximum Gasteiger partial charge on any atom is 0.506 e. The van der Waals surface area contributed by atoms with E-state index in [4.69, 9.17) is 16.3 Å². The van der Waals surface area contributed by atoms with Crippen molar-refractivity contribution in [2.45, 2.75) is 63.1 Å². The Labute approximate surface area is 204 Å². The first-order chi connectivity index (χ1) is 16.1. The Hall–Kier alpha value is -2.06. The van der Waals surface area contributed by atoms with Gasteiger partial charge in [-0.25, -0.2) is 9.18 Å². The minimum absolute atomic E-state index is 0.00398. The van der Waals surface area contributed by atoms with Crippen molar-refractivity contribution < 1.29 is 23.8 Å². The van der Waals surface area contributed by atoms with Gasteiger partial charge < -0.3 is 20.1 Å². The third-order valence-electron chi connectivity index (χ3n) is 8.69. The lowest BCUT2D eigenvalue weighted by atomic mass is 9.52. The second-order valence-electron chi connectivity index (χ2n) is 11.1. The Balaban J connectivity index is 1.21. The van der Waals surface area contributed by atoms with Gasteiger partial charge in [-0.1, -0.05) is 11.6 Å². The number of ether oxygens (including phenoxy) is 1. The summed E-state index contributed by atoms with van der Waals surface area (Å²) < 4.78 is 19.7. The molecule has 186 valence electrons. The third kappa shape index (κ3) is 4.24. The van der Waals surface area contributed by atoms with E-state index in [0.717, 1.165) is 19.3 Å². The van der Waals surface area contributed by atoms with Crippen LogP contribution in [-0.2, 0) is 9.53 Å². The summed E-state index contributed by atoms with van der Waals surface area (Å²) in [5.41, 5.74) is -0.724. The van der Waals surface area contributed by atoms with E-state index in [1.165, 1.54) is 6.07 Å². The molecular weight excluding hydrogens is 461 g/mol. The van der Waals surface area contributed by atoms with Crippen molar-refractivity contribution in [3.05, 3.63) is 29.0 Å². The summed E-state index contributed by atoms with van der Waals surface area (Å²) in [6.45, 7) is 6.45. The van der Waals surface area contributed by atoms with Crippen molar-refractivity contribution >= 4 is 29.4 Å². The number of nitrogens with zero attached hydrogens (tertiary/aromatic N) is 2. The molecule has 1 aromatic rings. The molecule has 4 aliphatic carbocycles. The second-order valence-corrected chi connectivity index (χ2v) is 11.6. The summed E-state index contributed by atoms with van der Waals surface area (Å²) in [7, 11) is 0. The van der Waals surface area contributed by atoms with E-state index >= 15 is 0 Å². The first kappa shape index (κ1) is 23.7. The van der Waals surface area contributed by atoms with Crippen molar-refractivity contribution in [2.24, 2.45) is 17.8 Å². The van der Waals surface area contributed by atoms with E-state index < -0.39 is 17.3 Å². The molecule has 0 aromatic heterocycles. The minimum atomic E-state index is -1.19. The first-order valence-corrected chi connectivity index (χ1v) is 12.6. The van der Waals surface area contributed by atoms with Crippen LogP contribution in [0.2, 0.25) is 5.02 Å². The highest BCUT2D eigenvalue weighted by molar-refractivity contribution is 6.30. The lowest BCUT2D eigenvalue weighted by Crippen LogP contribution is -2.66. The number of piperazine rings is 1. The second kappa shape index (κ2) is 8.55. The van der Waals surface area contributed by atoms with Gasteiger partial charge in [-0.2, -0.15) is 0 Å². The number of halogens is 2. The average Bonchev–Trinajstić information content (AvgIpc) is 2.75. The molecule has 6 rings (SSSR count). The normalized spacial score (nSPS) is 33.1. The maximum atomic E-state index is 14.3. The van der Waals surface area contributed by atoms with E-state index in [0.29, 0.717) is 55.6 Å². The quantitative estimate of drug-likeness (QED) is 0.600. The standard InChI is InChI=1S/C25H33ClFN3O4/c1-24(2,30-7-5-29(6-8-30)20-4-3-18(26)11-19(20)27)22(31)28-21-16-9-15-10-17(21)14-25(12-15,13-16)34-23(32)33/h3-4,11,15-17,21H,5-10,12-14H2,1-2H3,(H,28,31)(H,32,33). The highest BCUT2D eigenvalue weighted by atomic mass is 35.5. The van der Waals surface area contributed by atoms with Gasteiger partial charge in [0.05, 0.1) is 11.2 Å². The summed E-state index contributed by atoms with van der Waals surface area (Å²) in [6, 6.07) is 4.80. The van der Waals surface area contributed by atoms with Gasteiger partial charge in [-0.3, -0.25) is 9.69 Å². The Bertz CT molecular complexity index is 965. The van der Waals surface area contributed by atoms with E-state index in [1.54, 1.807) is 12.1 Å². The molecule has 5 aliphatic rings. The van der Waals surface area contributed by atoms with Gasteiger partial charge in [0.15, 0.2) is 0 Å². The lowest BCUT2D eigenvalue weighted by Gasteiger charge is -2.59. The molecule has 2 unspecified atom stereocenters. The number of nitrogens with one attached hydrogen (secondary N) is 1. The van der Waals surface area contributed by atoms with Crippen molar-refractivity contribution in [3.8, 4) is 0 Å². The topological polar surface area (TPSA) is 82.1 Å². The molecule has 1 amide bonds. The van der Waals surface area contributed by atoms with Crippen LogP contribution >= 0.6 is 11.6 Å². The third-order valence-corrected chi connectivity index (χ3v) is 8.93. The summed E-state index contributed by atoms with van der Waals surface area (Å²) in [5, 5.41) is 13.0. The minimum Gasteiger partial charge on any atom is -0.450 e. The number of carboxylic acid groups (broad SMARTS) is 1. The summed E-state index contributed by atoms with van der Waals surface area (Å²) in [4.78, 5) is 28.9. The first-order valence-electron chi connectivity index (χ1n) is 12.2. The van der Waals surface area contributed by atoms with Crippen LogP contribution in [0.5, 0.6) is 0 Å². The van der Waals surface area contributed by atoms with Crippen LogP contribution in [0.1, 0.15) is 46.0 Å². The van der Waals surface area contributed by atoms with Crippen LogP contribution in [0.3, 0.4) is 0 Å². The molecule has 4 saturated carbocycles. The van der Waals surface area contributed by atoms with Crippen LogP contribution in [0.4, 0.5) is 14.9 Å². The average molecular weight is 494 g/mol. The number of hydrogen-bond acceptors (Lipinski definition) is 5. The highest BCUT2D eigenvalue weighted by Gasteiger charge is 2.58. The fraction of sp³-hybridized carbons (Fsp3) is 0.680. The van der Waals surface area contributed by atoms with E-state index in [9.17, 15) is 19.1 Å². The molecule has 9 heteroatoms. The molecule has 1 aromatic carbocycles. The van der Waals surface area contributed by atoms with Crippen molar-refractivity contribution in [1.29, 1.82) is 0 Å². The predicted molar refractivity (Wildman–Crippen MR) is 127 cm³/mol. The maximum absolute atomic E-state index is 14.3.